The first kappa shape index (κ1) is 14.7. The highest BCUT2D eigenvalue weighted by Gasteiger charge is 2.29. The molecule has 1 aliphatic rings. The van der Waals surface area contributed by atoms with Gasteiger partial charge in [0.2, 0.25) is 0 Å². The second-order valence-corrected chi connectivity index (χ2v) is 6.07. The largest absolute Gasteiger partial charge is 0.482 e. The van der Waals surface area contributed by atoms with E-state index in [1.165, 1.54) is 0 Å². The molecule has 0 saturated carbocycles. The van der Waals surface area contributed by atoms with Gasteiger partial charge in [-0.25, -0.2) is 0 Å². The van der Waals surface area contributed by atoms with Crippen LogP contribution in [0, 0.1) is 5.92 Å². The van der Waals surface area contributed by atoms with Crippen LogP contribution >= 0.6 is 23.2 Å². The van der Waals surface area contributed by atoms with Crippen LogP contribution in [0.2, 0.25) is 10.0 Å². The normalized spacial score (nSPS) is 19.4. The first-order valence-electron chi connectivity index (χ1n) is 7.12. The third-order valence-electron chi connectivity index (χ3n) is 3.82. The average Bonchev–Trinajstić information content (AvgIpc) is 3.02. The Morgan fingerprint density at radius 2 is 1.71 bits per heavy atom. The monoisotopic (exact) mass is 321 g/mol. The number of benzene rings is 2. The Morgan fingerprint density at radius 3 is 2.33 bits per heavy atom. The van der Waals surface area contributed by atoms with E-state index in [0.29, 0.717) is 21.7 Å². The topological polar surface area (TPSA) is 21.3 Å². The summed E-state index contributed by atoms with van der Waals surface area (Å²) < 4.78 is 6.24. The summed E-state index contributed by atoms with van der Waals surface area (Å²) in [6, 6.07) is 15.7. The van der Waals surface area contributed by atoms with Crippen molar-refractivity contribution in [3.05, 3.63) is 64.1 Å². The Kier molecular flexibility index (Phi) is 4.69. The lowest BCUT2D eigenvalue weighted by Crippen LogP contribution is -2.21. The third kappa shape index (κ3) is 3.34. The lowest BCUT2D eigenvalue weighted by atomic mass is 9.95. The van der Waals surface area contributed by atoms with Crippen LogP contribution in [-0.4, -0.2) is 13.1 Å². The molecule has 3 rings (SSSR count). The molecule has 21 heavy (non-hydrogen) atoms. The maximum Gasteiger partial charge on any atom is 0.157 e. The molecule has 0 aromatic heterocycles. The molecule has 0 bridgehead atoms. The van der Waals surface area contributed by atoms with Crippen molar-refractivity contribution in [1.29, 1.82) is 0 Å². The number of nitrogens with one attached hydrogen (secondary N) is 1. The van der Waals surface area contributed by atoms with Gasteiger partial charge in [-0.15, -0.1) is 0 Å². The lowest BCUT2D eigenvalue weighted by molar-refractivity contribution is 0.144. The van der Waals surface area contributed by atoms with Crippen LogP contribution < -0.4 is 10.1 Å². The summed E-state index contributed by atoms with van der Waals surface area (Å²) >= 11 is 12.5. The molecule has 0 aliphatic carbocycles. The minimum absolute atomic E-state index is 0.0430. The van der Waals surface area contributed by atoms with E-state index in [4.69, 9.17) is 27.9 Å². The maximum atomic E-state index is 6.24. The van der Waals surface area contributed by atoms with E-state index >= 15 is 0 Å². The minimum Gasteiger partial charge on any atom is -0.482 e. The van der Waals surface area contributed by atoms with Crippen molar-refractivity contribution in [1.82, 2.24) is 5.32 Å². The third-order valence-corrected chi connectivity index (χ3v) is 4.41. The molecule has 2 aromatic rings. The van der Waals surface area contributed by atoms with E-state index in [-0.39, 0.29) is 6.10 Å². The number of ether oxygens (including phenoxy) is 1. The van der Waals surface area contributed by atoms with Gasteiger partial charge >= 0.3 is 0 Å². The molecule has 1 saturated heterocycles. The quantitative estimate of drug-likeness (QED) is 0.879. The Hall–Kier alpha value is -1.22. The fourth-order valence-electron chi connectivity index (χ4n) is 2.74. The molecule has 1 aliphatic heterocycles. The van der Waals surface area contributed by atoms with Crippen molar-refractivity contribution >= 4 is 23.2 Å². The highest BCUT2D eigenvalue weighted by molar-refractivity contribution is 6.37. The standard InChI is InChI=1S/C17H17Cl2NO/c18-14-7-4-8-15(19)17(14)21-16(13-9-10-20-11-13)12-5-2-1-3-6-12/h1-8,13,16,20H,9-11H2/t13-,16-/m1/s1. The lowest BCUT2D eigenvalue weighted by Gasteiger charge is -2.25. The van der Waals surface area contributed by atoms with Gasteiger partial charge in [0.15, 0.2) is 5.75 Å². The van der Waals surface area contributed by atoms with Crippen LogP contribution in [0.1, 0.15) is 18.1 Å². The van der Waals surface area contributed by atoms with Crippen molar-refractivity contribution in [2.75, 3.05) is 13.1 Å². The number of halogens is 2. The molecule has 0 unspecified atom stereocenters. The van der Waals surface area contributed by atoms with Crippen LogP contribution in [0.15, 0.2) is 48.5 Å². The maximum absolute atomic E-state index is 6.24. The van der Waals surface area contributed by atoms with Crippen molar-refractivity contribution in [2.45, 2.75) is 12.5 Å². The number of hydrogen-bond donors (Lipinski definition) is 1. The summed E-state index contributed by atoms with van der Waals surface area (Å²) in [7, 11) is 0. The van der Waals surface area contributed by atoms with Crippen molar-refractivity contribution in [2.24, 2.45) is 5.92 Å². The highest BCUT2D eigenvalue weighted by Crippen LogP contribution is 2.39. The summed E-state index contributed by atoms with van der Waals surface area (Å²) in [5, 5.41) is 4.49. The van der Waals surface area contributed by atoms with E-state index in [1.807, 2.05) is 24.3 Å². The number of para-hydroxylation sites is 1. The van der Waals surface area contributed by atoms with E-state index in [1.54, 1.807) is 12.1 Å². The summed E-state index contributed by atoms with van der Waals surface area (Å²) in [5.74, 6) is 0.987. The first-order chi connectivity index (χ1) is 10.3. The summed E-state index contributed by atoms with van der Waals surface area (Å²) in [6.45, 7) is 1.97. The highest BCUT2D eigenvalue weighted by atomic mass is 35.5. The van der Waals surface area contributed by atoms with Gasteiger partial charge in [-0.1, -0.05) is 59.6 Å². The molecule has 2 nitrogen and oxygen atoms in total. The summed E-state index contributed by atoms with van der Waals surface area (Å²) in [5.41, 5.74) is 1.15. The van der Waals surface area contributed by atoms with Crippen LogP contribution in [0.4, 0.5) is 0 Å². The van der Waals surface area contributed by atoms with Crippen molar-refractivity contribution in [3.63, 3.8) is 0 Å². The van der Waals surface area contributed by atoms with Crippen LogP contribution in [0.25, 0.3) is 0 Å². The smallest absolute Gasteiger partial charge is 0.157 e. The molecule has 0 spiro atoms. The van der Waals surface area contributed by atoms with Gasteiger partial charge in [0.1, 0.15) is 6.10 Å². The van der Waals surface area contributed by atoms with Crippen LogP contribution in [0.3, 0.4) is 0 Å². The summed E-state index contributed by atoms with van der Waals surface area (Å²) in [4.78, 5) is 0. The SMILES string of the molecule is Clc1cccc(Cl)c1O[C@H](c1ccccc1)[C@@H]1CCNC1. The van der Waals surface area contributed by atoms with E-state index < -0.39 is 0 Å². The van der Waals surface area contributed by atoms with Gasteiger partial charge in [0.25, 0.3) is 0 Å². The Balaban J connectivity index is 1.92. The zero-order chi connectivity index (χ0) is 14.7. The molecule has 2 aromatic carbocycles. The first-order valence-corrected chi connectivity index (χ1v) is 7.87. The Bertz CT molecular complexity index is 577. The molecular formula is C17H17Cl2NO. The van der Waals surface area contributed by atoms with Gasteiger partial charge in [0, 0.05) is 12.5 Å². The minimum atomic E-state index is -0.0430. The average molecular weight is 322 g/mol. The molecule has 110 valence electrons. The predicted octanol–water partition coefficient (Wildman–Crippen LogP) is 4.72. The molecule has 1 fully saturated rings. The van der Waals surface area contributed by atoms with Crippen LogP contribution in [-0.2, 0) is 0 Å². The molecule has 1 N–H and O–H groups in total. The molecule has 0 radical (unpaired) electrons. The Labute approximate surface area is 135 Å². The second kappa shape index (κ2) is 6.69. The van der Waals surface area contributed by atoms with E-state index in [9.17, 15) is 0 Å². The fourth-order valence-corrected chi connectivity index (χ4v) is 3.22. The van der Waals surface area contributed by atoms with E-state index in [0.717, 1.165) is 25.1 Å². The van der Waals surface area contributed by atoms with E-state index in [2.05, 4.69) is 17.4 Å². The second-order valence-electron chi connectivity index (χ2n) is 5.25. The van der Waals surface area contributed by atoms with Crippen molar-refractivity contribution in [3.8, 4) is 5.75 Å². The van der Waals surface area contributed by atoms with Gasteiger partial charge in [0.05, 0.1) is 10.0 Å². The molecular weight excluding hydrogens is 305 g/mol. The van der Waals surface area contributed by atoms with Crippen LogP contribution in [0.5, 0.6) is 5.75 Å². The summed E-state index contributed by atoms with van der Waals surface area (Å²) in [6.07, 6.45) is 1.04. The zero-order valence-electron chi connectivity index (χ0n) is 11.6. The predicted molar refractivity (Wildman–Crippen MR) is 87.2 cm³/mol. The molecule has 2 atom stereocenters. The molecule has 4 heteroatoms. The number of rotatable bonds is 4. The van der Waals surface area contributed by atoms with Gasteiger partial charge < -0.3 is 10.1 Å². The molecule has 0 amide bonds. The van der Waals surface area contributed by atoms with Gasteiger partial charge in [-0.05, 0) is 30.7 Å². The Morgan fingerprint density at radius 1 is 1.00 bits per heavy atom. The zero-order valence-corrected chi connectivity index (χ0v) is 13.1. The van der Waals surface area contributed by atoms with Gasteiger partial charge in [-0.2, -0.15) is 0 Å². The van der Waals surface area contributed by atoms with Gasteiger partial charge in [-0.3, -0.25) is 0 Å². The fraction of sp³-hybridized carbons (Fsp3) is 0.294. The molecule has 1 heterocycles. The van der Waals surface area contributed by atoms with Crippen molar-refractivity contribution < 1.29 is 4.74 Å². The number of hydrogen-bond acceptors (Lipinski definition) is 2.